The van der Waals surface area contributed by atoms with Gasteiger partial charge in [0.15, 0.2) is 0 Å². The van der Waals surface area contributed by atoms with Crippen molar-refractivity contribution in [3.05, 3.63) is 34.9 Å². The Bertz CT molecular complexity index is 954. The smallest absolute Gasteiger partial charge is 0.408 e. The Morgan fingerprint density at radius 2 is 1.68 bits per heavy atom. The van der Waals surface area contributed by atoms with Crippen molar-refractivity contribution in [1.29, 1.82) is 0 Å². The fourth-order valence-electron chi connectivity index (χ4n) is 3.98. The number of methoxy groups -OCH3 is 1. The van der Waals surface area contributed by atoms with Crippen molar-refractivity contribution >= 4 is 23.9 Å². The van der Waals surface area contributed by atoms with Gasteiger partial charge in [0.25, 0.3) is 0 Å². The summed E-state index contributed by atoms with van der Waals surface area (Å²) in [5.74, 6) is -1.38. The molecule has 1 aromatic rings. The van der Waals surface area contributed by atoms with Gasteiger partial charge in [0.2, 0.25) is 11.8 Å². The number of alkyl carbamates (subject to hydrolysis) is 1. The van der Waals surface area contributed by atoms with Crippen molar-refractivity contribution in [3.63, 3.8) is 0 Å². The number of nitrogens with zero attached hydrogens (tertiary/aromatic N) is 1. The third kappa shape index (κ3) is 11.1. The van der Waals surface area contributed by atoms with Gasteiger partial charge in [0, 0.05) is 6.54 Å². The summed E-state index contributed by atoms with van der Waals surface area (Å²) in [5, 5.41) is 5.37. The number of carbonyl (C=O) groups is 4. The molecule has 9 nitrogen and oxygen atoms in total. The zero-order valence-corrected chi connectivity index (χ0v) is 24.6. The molecule has 0 aliphatic rings. The second-order valence-electron chi connectivity index (χ2n) is 11.1. The summed E-state index contributed by atoms with van der Waals surface area (Å²) in [6, 6.07) is 3.72. The molecule has 1 aromatic carbocycles. The topological polar surface area (TPSA) is 114 Å². The first-order valence-corrected chi connectivity index (χ1v) is 13.4. The maximum atomic E-state index is 14.1. The van der Waals surface area contributed by atoms with Crippen LogP contribution in [0.3, 0.4) is 0 Å². The van der Waals surface area contributed by atoms with Gasteiger partial charge in [-0.25, -0.2) is 4.79 Å². The van der Waals surface area contributed by atoms with E-state index in [2.05, 4.69) is 22.3 Å². The molecule has 0 aromatic heterocycles. The first-order valence-electron chi connectivity index (χ1n) is 13.4. The van der Waals surface area contributed by atoms with Crippen molar-refractivity contribution in [3.8, 4) is 0 Å². The van der Waals surface area contributed by atoms with Crippen molar-refractivity contribution in [1.82, 2.24) is 15.5 Å². The number of rotatable bonds is 13. The molecule has 0 saturated carbocycles. The first-order chi connectivity index (χ1) is 17.7. The average Bonchev–Trinajstić information content (AvgIpc) is 2.81. The summed E-state index contributed by atoms with van der Waals surface area (Å²) in [6.07, 6.45) is 2.14. The molecule has 9 heteroatoms. The van der Waals surface area contributed by atoms with Gasteiger partial charge in [0.1, 0.15) is 24.2 Å². The molecule has 0 aliphatic carbocycles. The number of ether oxygens (including phenoxy) is 2. The Morgan fingerprint density at radius 3 is 2.21 bits per heavy atom. The summed E-state index contributed by atoms with van der Waals surface area (Å²) in [5.41, 5.74) is 1.92. The van der Waals surface area contributed by atoms with E-state index in [4.69, 9.17) is 4.74 Å². The lowest BCUT2D eigenvalue weighted by Crippen LogP contribution is -2.54. The van der Waals surface area contributed by atoms with E-state index in [1.54, 1.807) is 20.8 Å². The number of benzene rings is 1. The van der Waals surface area contributed by atoms with Gasteiger partial charge < -0.3 is 25.0 Å². The molecule has 0 heterocycles. The van der Waals surface area contributed by atoms with E-state index in [9.17, 15) is 19.2 Å². The minimum absolute atomic E-state index is 0.0876. The van der Waals surface area contributed by atoms with E-state index in [0.29, 0.717) is 24.9 Å². The highest BCUT2D eigenvalue weighted by molar-refractivity contribution is 5.93. The standard InChI is InChI=1S/C29H47N3O6/c1-10-11-12-15-32(27(35)23(16-19(2)3)31-28(36)38-29(6,7)8)25(26(34)30-18-24(33)37-9)22-14-13-20(4)21(5)17-22/h13-14,17,19,23,25H,10-12,15-16,18H2,1-9H3,(H,30,34)(H,31,36). The highest BCUT2D eigenvalue weighted by Gasteiger charge is 2.36. The van der Waals surface area contributed by atoms with Crippen LogP contribution in [0.15, 0.2) is 18.2 Å². The van der Waals surface area contributed by atoms with Crippen LogP contribution in [-0.4, -0.2) is 60.6 Å². The van der Waals surface area contributed by atoms with E-state index in [0.717, 1.165) is 24.0 Å². The Labute approximate surface area is 228 Å². The molecule has 3 amide bonds. The minimum Gasteiger partial charge on any atom is -0.468 e. The Morgan fingerprint density at radius 1 is 1.03 bits per heavy atom. The van der Waals surface area contributed by atoms with Crippen molar-refractivity contribution in [2.45, 2.75) is 98.8 Å². The van der Waals surface area contributed by atoms with Crippen LogP contribution in [0, 0.1) is 19.8 Å². The van der Waals surface area contributed by atoms with Crippen molar-refractivity contribution in [2.75, 3.05) is 20.2 Å². The van der Waals surface area contributed by atoms with Gasteiger partial charge in [0.05, 0.1) is 7.11 Å². The number of hydrogen-bond acceptors (Lipinski definition) is 6. The highest BCUT2D eigenvalue weighted by atomic mass is 16.6. The Kier molecular flexibility index (Phi) is 13.3. The largest absolute Gasteiger partial charge is 0.468 e. The highest BCUT2D eigenvalue weighted by Crippen LogP contribution is 2.26. The van der Waals surface area contributed by atoms with Crippen LogP contribution in [0.25, 0.3) is 0 Å². The van der Waals surface area contributed by atoms with Crippen LogP contribution in [-0.2, 0) is 23.9 Å². The molecule has 0 saturated heterocycles. The molecule has 1 rings (SSSR count). The van der Waals surface area contributed by atoms with Crippen molar-refractivity contribution < 1.29 is 28.7 Å². The number of esters is 1. The molecule has 0 fully saturated rings. The normalized spacial score (nSPS) is 12.9. The van der Waals surface area contributed by atoms with Gasteiger partial charge in [-0.2, -0.15) is 0 Å². The molecule has 2 atom stereocenters. The molecular formula is C29H47N3O6. The lowest BCUT2D eigenvalue weighted by molar-refractivity contribution is -0.145. The zero-order valence-electron chi connectivity index (χ0n) is 24.6. The number of hydrogen-bond donors (Lipinski definition) is 2. The Hall–Kier alpha value is -3.10. The number of unbranched alkanes of at least 4 members (excludes halogenated alkanes) is 2. The maximum absolute atomic E-state index is 14.1. The molecule has 0 spiro atoms. The van der Waals surface area contributed by atoms with Crippen LogP contribution in [0.2, 0.25) is 0 Å². The third-order valence-electron chi connectivity index (χ3n) is 6.02. The van der Waals surface area contributed by atoms with Crippen molar-refractivity contribution in [2.24, 2.45) is 5.92 Å². The quantitative estimate of drug-likeness (QED) is 0.283. The minimum atomic E-state index is -1.00. The van der Waals surface area contributed by atoms with Gasteiger partial charge in [-0.05, 0) is 70.1 Å². The van der Waals surface area contributed by atoms with Crippen LogP contribution >= 0.6 is 0 Å². The molecule has 214 valence electrons. The summed E-state index contributed by atoms with van der Waals surface area (Å²) in [4.78, 5) is 53.7. The molecule has 2 N–H and O–H groups in total. The lowest BCUT2D eigenvalue weighted by Gasteiger charge is -2.35. The van der Waals surface area contributed by atoms with E-state index >= 15 is 0 Å². The fourth-order valence-corrected chi connectivity index (χ4v) is 3.98. The van der Waals surface area contributed by atoms with Crippen LogP contribution in [0.1, 0.15) is 90.0 Å². The van der Waals surface area contributed by atoms with Gasteiger partial charge in [-0.15, -0.1) is 0 Å². The molecule has 0 bridgehead atoms. The summed E-state index contributed by atoms with van der Waals surface area (Å²) >= 11 is 0. The van der Waals surface area contributed by atoms with Gasteiger partial charge in [-0.3, -0.25) is 14.4 Å². The number of aryl methyl sites for hydroxylation is 2. The number of nitrogens with one attached hydrogen (secondary N) is 2. The monoisotopic (exact) mass is 533 g/mol. The van der Waals surface area contributed by atoms with Crippen LogP contribution < -0.4 is 10.6 Å². The van der Waals surface area contributed by atoms with Crippen LogP contribution in [0.4, 0.5) is 4.79 Å². The van der Waals surface area contributed by atoms with E-state index in [-0.39, 0.29) is 18.4 Å². The molecule has 38 heavy (non-hydrogen) atoms. The number of carbonyl (C=O) groups excluding carboxylic acids is 4. The molecular weight excluding hydrogens is 486 g/mol. The second kappa shape index (κ2) is 15.3. The van der Waals surface area contributed by atoms with Crippen LogP contribution in [0.5, 0.6) is 0 Å². The average molecular weight is 534 g/mol. The lowest BCUT2D eigenvalue weighted by atomic mass is 9.96. The van der Waals surface area contributed by atoms with E-state index < -0.39 is 35.7 Å². The number of amides is 3. The first kappa shape index (κ1) is 32.9. The predicted octanol–water partition coefficient (Wildman–Crippen LogP) is 4.59. The van der Waals surface area contributed by atoms with E-state index in [1.165, 1.54) is 12.0 Å². The third-order valence-corrected chi connectivity index (χ3v) is 6.02. The molecule has 0 aliphatic heterocycles. The summed E-state index contributed by atoms with van der Waals surface area (Å²) < 4.78 is 10.1. The summed E-state index contributed by atoms with van der Waals surface area (Å²) in [6.45, 7) is 15.1. The van der Waals surface area contributed by atoms with Gasteiger partial charge >= 0.3 is 12.1 Å². The molecule has 0 radical (unpaired) electrons. The molecule has 2 unspecified atom stereocenters. The summed E-state index contributed by atoms with van der Waals surface area (Å²) in [7, 11) is 1.24. The SMILES string of the molecule is CCCCCN(C(=O)C(CC(C)C)NC(=O)OC(C)(C)C)C(C(=O)NCC(=O)OC)c1ccc(C)c(C)c1. The Balaban J connectivity index is 3.53. The second-order valence-corrected chi connectivity index (χ2v) is 11.1. The maximum Gasteiger partial charge on any atom is 0.408 e. The van der Waals surface area contributed by atoms with Gasteiger partial charge in [-0.1, -0.05) is 51.8 Å². The predicted molar refractivity (Wildman–Crippen MR) is 148 cm³/mol. The zero-order chi connectivity index (χ0) is 29.0. The fraction of sp³-hybridized carbons (Fsp3) is 0.655. The van der Waals surface area contributed by atoms with E-state index in [1.807, 2.05) is 45.9 Å².